The molecule has 7 heteroatoms. The van der Waals surface area contributed by atoms with Crippen LogP contribution in [-0.4, -0.2) is 32.2 Å². The fraction of sp³-hybridized carbons (Fsp3) is 0.333. The van der Waals surface area contributed by atoms with E-state index in [2.05, 4.69) is 20.4 Å². The van der Waals surface area contributed by atoms with Gasteiger partial charge in [-0.3, -0.25) is 9.48 Å². The highest BCUT2D eigenvalue weighted by Gasteiger charge is 2.04. The summed E-state index contributed by atoms with van der Waals surface area (Å²) in [5.74, 6) is 0.0733. The smallest absolute Gasteiger partial charge is 0.269 e. The molecule has 2 aromatic rings. The van der Waals surface area contributed by atoms with Crippen LogP contribution >= 0.6 is 0 Å². The minimum atomic E-state index is -0.524. The molecule has 1 amide bonds. The third-order valence-electron chi connectivity index (χ3n) is 2.50. The highest BCUT2D eigenvalue weighted by atomic mass is 16.1. The van der Waals surface area contributed by atoms with Gasteiger partial charge in [0.25, 0.3) is 5.91 Å². The van der Waals surface area contributed by atoms with Gasteiger partial charge in [-0.2, -0.15) is 5.10 Å². The molecular weight excluding hydrogens is 244 g/mol. The first-order valence-electron chi connectivity index (χ1n) is 5.94. The minimum Gasteiger partial charge on any atom is -0.364 e. The van der Waals surface area contributed by atoms with Crippen LogP contribution in [-0.2, 0) is 6.54 Å². The molecule has 3 N–H and O–H groups in total. The molecule has 0 aliphatic heterocycles. The first kappa shape index (κ1) is 13.0. The molecule has 0 aromatic carbocycles. The van der Waals surface area contributed by atoms with Gasteiger partial charge in [0.2, 0.25) is 5.95 Å². The molecule has 0 fully saturated rings. The molecule has 0 spiro atoms. The van der Waals surface area contributed by atoms with E-state index in [-0.39, 0.29) is 5.69 Å². The Morgan fingerprint density at radius 3 is 2.63 bits per heavy atom. The summed E-state index contributed by atoms with van der Waals surface area (Å²) in [7, 11) is 0. The highest BCUT2D eigenvalue weighted by molar-refractivity contribution is 5.90. The molecule has 0 bridgehead atoms. The van der Waals surface area contributed by atoms with Crippen molar-refractivity contribution in [2.45, 2.75) is 20.4 Å². The summed E-state index contributed by atoms with van der Waals surface area (Å²) in [4.78, 5) is 19.4. The standard InChI is InChI=1S/C12H16N6O/c1-8-7-9(2)16-12(15-8)14-4-6-18-5-3-10(17-18)11(13)19/h3,5,7H,4,6H2,1-2H3,(H2,13,19)(H,14,15,16). The lowest BCUT2D eigenvalue weighted by molar-refractivity contribution is 0.0994. The van der Waals surface area contributed by atoms with E-state index in [1.54, 1.807) is 16.9 Å². The molecule has 2 heterocycles. The molecule has 2 aromatic heterocycles. The molecule has 0 aliphatic carbocycles. The number of rotatable bonds is 5. The number of amides is 1. The number of primary amides is 1. The van der Waals surface area contributed by atoms with E-state index >= 15 is 0 Å². The third-order valence-corrected chi connectivity index (χ3v) is 2.50. The van der Waals surface area contributed by atoms with E-state index in [9.17, 15) is 4.79 Å². The second-order valence-corrected chi connectivity index (χ2v) is 4.23. The summed E-state index contributed by atoms with van der Waals surface area (Å²) in [5.41, 5.74) is 7.24. The van der Waals surface area contributed by atoms with E-state index in [0.29, 0.717) is 19.0 Å². The van der Waals surface area contributed by atoms with Gasteiger partial charge in [0.05, 0.1) is 6.54 Å². The lowest BCUT2D eigenvalue weighted by Crippen LogP contribution is -2.15. The van der Waals surface area contributed by atoms with Crippen LogP contribution in [0.2, 0.25) is 0 Å². The Hall–Kier alpha value is -2.44. The maximum Gasteiger partial charge on any atom is 0.269 e. The van der Waals surface area contributed by atoms with Crippen molar-refractivity contribution in [3.63, 3.8) is 0 Å². The highest BCUT2D eigenvalue weighted by Crippen LogP contribution is 2.03. The fourth-order valence-electron chi connectivity index (χ4n) is 1.70. The maximum atomic E-state index is 10.9. The second-order valence-electron chi connectivity index (χ2n) is 4.23. The first-order valence-corrected chi connectivity index (χ1v) is 5.94. The zero-order valence-electron chi connectivity index (χ0n) is 10.9. The quantitative estimate of drug-likeness (QED) is 0.815. The van der Waals surface area contributed by atoms with Gasteiger partial charge in [-0.05, 0) is 26.0 Å². The first-order chi connectivity index (χ1) is 9.04. The number of carbonyl (C=O) groups is 1. The number of nitrogens with two attached hydrogens (primary N) is 1. The van der Waals surface area contributed by atoms with Gasteiger partial charge in [0.1, 0.15) is 5.69 Å². The molecular formula is C12H16N6O. The van der Waals surface area contributed by atoms with Crippen LogP contribution in [0.5, 0.6) is 0 Å². The fourth-order valence-corrected chi connectivity index (χ4v) is 1.70. The van der Waals surface area contributed by atoms with Crippen LogP contribution in [0.1, 0.15) is 21.9 Å². The Balaban J connectivity index is 1.90. The molecule has 0 atom stereocenters. The summed E-state index contributed by atoms with van der Waals surface area (Å²) in [6.45, 7) is 5.06. The molecule has 100 valence electrons. The largest absolute Gasteiger partial charge is 0.364 e. The molecule has 0 saturated heterocycles. The van der Waals surface area contributed by atoms with E-state index in [0.717, 1.165) is 11.4 Å². The Morgan fingerprint density at radius 1 is 1.37 bits per heavy atom. The summed E-state index contributed by atoms with van der Waals surface area (Å²) in [5, 5.41) is 7.15. The van der Waals surface area contributed by atoms with Gasteiger partial charge in [-0.1, -0.05) is 0 Å². The Morgan fingerprint density at radius 2 is 2.05 bits per heavy atom. The van der Waals surface area contributed by atoms with Crippen LogP contribution in [0.3, 0.4) is 0 Å². The van der Waals surface area contributed by atoms with Crippen molar-refractivity contribution in [3.05, 3.63) is 35.4 Å². The van der Waals surface area contributed by atoms with Gasteiger partial charge in [0.15, 0.2) is 0 Å². The second kappa shape index (κ2) is 5.47. The van der Waals surface area contributed by atoms with Crippen LogP contribution in [0, 0.1) is 13.8 Å². The van der Waals surface area contributed by atoms with Crippen molar-refractivity contribution >= 4 is 11.9 Å². The zero-order chi connectivity index (χ0) is 13.8. The van der Waals surface area contributed by atoms with E-state index in [4.69, 9.17) is 5.73 Å². The Bertz CT molecular complexity index is 571. The van der Waals surface area contributed by atoms with Gasteiger partial charge >= 0.3 is 0 Å². The number of hydrogen-bond acceptors (Lipinski definition) is 5. The predicted octanol–water partition coefficient (Wildman–Crippen LogP) is 0.501. The van der Waals surface area contributed by atoms with Crippen LogP contribution in [0.4, 0.5) is 5.95 Å². The lowest BCUT2D eigenvalue weighted by Gasteiger charge is -2.06. The summed E-state index contributed by atoms with van der Waals surface area (Å²) in [6.07, 6.45) is 1.71. The molecule has 0 saturated carbocycles. The summed E-state index contributed by atoms with van der Waals surface area (Å²) in [6, 6.07) is 3.51. The van der Waals surface area contributed by atoms with E-state index in [1.165, 1.54) is 0 Å². The van der Waals surface area contributed by atoms with Crippen molar-refractivity contribution in [3.8, 4) is 0 Å². The van der Waals surface area contributed by atoms with Gasteiger partial charge in [0, 0.05) is 24.1 Å². The normalized spacial score (nSPS) is 10.4. The van der Waals surface area contributed by atoms with Crippen molar-refractivity contribution in [2.24, 2.45) is 5.73 Å². The van der Waals surface area contributed by atoms with Crippen molar-refractivity contribution in [2.75, 3.05) is 11.9 Å². The number of hydrogen-bond donors (Lipinski definition) is 2. The van der Waals surface area contributed by atoms with Crippen molar-refractivity contribution in [1.29, 1.82) is 0 Å². The number of carbonyl (C=O) groups excluding carboxylic acids is 1. The predicted molar refractivity (Wildman–Crippen MR) is 70.7 cm³/mol. The molecule has 0 aliphatic rings. The monoisotopic (exact) mass is 260 g/mol. The summed E-state index contributed by atoms with van der Waals surface area (Å²) >= 11 is 0. The number of anilines is 1. The number of aryl methyl sites for hydroxylation is 2. The molecule has 0 unspecified atom stereocenters. The Kier molecular flexibility index (Phi) is 3.74. The van der Waals surface area contributed by atoms with E-state index in [1.807, 2.05) is 19.9 Å². The average molecular weight is 260 g/mol. The molecule has 7 nitrogen and oxygen atoms in total. The van der Waals surface area contributed by atoms with Crippen LogP contribution in [0.25, 0.3) is 0 Å². The number of aromatic nitrogens is 4. The third kappa shape index (κ3) is 3.51. The Labute approximate surface area is 110 Å². The summed E-state index contributed by atoms with van der Waals surface area (Å²) < 4.78 is 1.65. The maximum absolute atomic E-state index is 10.9. The van der Waals surface area contributed by atoms with Crippen LogP contribution < -0.4 is 11.1 Å². The van der Waals surface area contributed by atoms with Gasteiger partial charge in [-0.25, -0.2) is 9.97 Å². The molecule has 2 rings (SSSR count). The average Bonchev–Trinajstić information content (AvgIpc) is 2.76. The van der Waals surface area contributed by atoms with Gasteiger partial charge < -0.3 is 11.1 Å². The van der Waals surface area contributed by atoms with Gasteiger partial charge in [-0.15, -0.1) is 0 Å². The van der Waals surface area contributed by atoms with Crippen molar-refractivity contribution in [1.82, 2.24) is 19.7 Å². The molecule has 0 radical (unpaired) electrons. The topological polar surface area (TPSA) is 98.7 Å². The number of nitrogens with zero attached hydrogens (tertiary/aromatic N) is 4. The van der Waals surface area contributed by atoms with E-state index < -0.39 is 5.91 Å². The lowest BCUT2D eigenvalue weighted by atomic mass is 10.4. The van der Waals surface area contributed by atoms with Crippen molar-refractivity contribution < 1.29 is 4.79 Å². The molecule has 19 heavy (non-hydrogen) atoms. The van der Waals surface area contributed by atoms with Crippen LogP contribution in [0.15, 0.2) is 18.3 Å². The SMILES string of the molecule is Cc1cc(C)nc(NCCn2ccc(C(N)=O)n2)n1. The zero-order valence-corrected chi connectivity index (χ0v) is 10.9. The minimum absolute atomic E-state index is 0.266. The number of nitrogens with one attached hydrogen (secondary N) is 1.